The molecular weight excluding hydrogens is 555 g/mol. The zero-order chi connectivity index (χ0) is 29.4. The fourth-order valence-corrected chi connectivity index (χ4v) is 4.86. The third kappa shape index (κ3) is 7.78. The summed E-state index contributed by atoms with van der Waals surface area (Å²) in [4.78, 5) is 61.8. The second-order valence-corrected chi connectivity index (χ2v) is 9.92. The standard InChI is InChI=1S/C22H29N6O11P/c1-4-28(35-3)15(10-14-8-6-5-7-9-14)20(31)38-40(33,34)39-21(37-26-25-23)18-16(29)11-17(36-18)27-12-13(2)19(30)24-22(27)32/h5-9,12,15-18,21,29H,4,10-11H2,1-3H3,(H,33,34)(H,24,30,32)/t15-,16-,17+,18-,21?/m0/s1. The van der Waals surface area contributed by atoms with Crippen molar-refractivity contribution >= 4 is 13.8 Å². The van der Waals surface area contributed by atoms with Crippen molar-refractivity contribution in [1.82, 2.24) is 14.6 Å². The molecule has 1 aromatic carbocycles. The molecule has 2 unspecified atom stereocenters. The monoisotopic (exact) mass is 584 g/mol. The Hall–Kier alpha value is -3.53. The molecule has 2 aromatic rings. The van der Waals surface area contributed by atoms with Crippen LogP contribution in [0.25, 0.3) is 10.4 Å². The summed E-state index contributed by atoms with van der Waals surface area (Å²) in [6.45, 7) is 3.35. The van der Waals surface area contributed by atoms with Crippen LogP contribution in [-0.2, 0) is 39.2 Å². The van der Waals surface area contributed by atoms with Crippen LogP contribution < -0.4 is 11.2 Å². The van der Waals surface area contributed by atoms with E-state index in [1.807, 2.05) is 0 Å². The molecule has 0 aliphatic carbocycles. The number of nitrogens with one attached hydrogen (secondary N) is 1. The largest absolute Gasteiger partial charge is 0.532 e. The molecule has 0 amide bonds. The van der Waals surface area contributed by atoms with Crippen molar-refractivity contribution in [2.45, 2.75) is 57.5 Å². The van der Waals surface area contributed by atoms with E-state index >= 15 is 0 Å². The minimum atomic E-state index is -5.31. The van der Waals surface area contributed by atoms with Gasteiger partial charge in [0.1, 0.15) is 23.7 Å². The lowest BCUT2D eigenvalue weighted by Gasteiger charge is -2.28. The predicted octanol–water partition coefficient (Wildman–Crippen LogP) is 1.22. The number of aromatic nitrogens is 2. The molecule has 40 heavy (non-hydrogen) atoms. The summed E-state index contributed by atoms with van der Waals surface area (Å²) in [6, 6.07) is 7.61. The van der Waals surface area contributed by atoms with E-state index in [0.29, 0.717) is 5.56 Å². The van der Waals surface area contributed by atoms with Gasteiger partial charge in [0, 0.05) is 36.1 Å². The van der Waals surface area contributed by atoms with Crippen LogP contribution >= 0.6 is 7.82 Å². The molecule has 17 nitrogen and oxygen atoms in total. The number of phosphoric acid groups is 1. The van der Waals surface area contributed by atoms with Gasteiger partial charge in [0.2, 0.25) is 6.29 Å². The number of likely N-dealkylation sites (N-methyl/N-ethyl adjacent to an activating group) is 1. The number of carbonyl (C=O) groups is 1. The van der Waals surface area contributed by atoms with E-state index < -0.39 is 55.8 Å². The minimum absolute atomic E-state index is 0.0550. The molecule has 18 heteroatoms. The first-order valence-electron chi connectivity index (χ1n) is 11.9. The van der Waals surface area contributed by atoms with Crippen molar-refractivity contribution in [1.29, 1.82) is 0 Å². The zero-order valence-electron chi connectivity index (χ0n) is 21.7. The molecule has 0 saturated carbocycles. The normalized spacial score (nSPS) is 21.7. The molecule has 0 bridgehead atoms. The first kappa shape index (κ1) is 31.0. The number of carbonyl (C=O) groups excluding carboxylic acids is 1. The Morgan fingerprint density at radius 2 is 2.08 bits per heavy atom. The lowest BCUT2D eigenvalue weighted by molar-refractivity contribution is -0.196. The summed E-state index contributed by atoms with van der Waals surface area (Å²) in [5.41, 5.74) is 8.10. The number of ether oxygens (including phenoxy) is 1. The van der Waals surface area contributed by atoms with Gasteiger partial charge in [-0.15, -0.1) is 0 Å². The van der Waals surface area contributed by atoms with Crippen molar-refractivity contribution in [2.24, 2.45) is 5.28 Å². The summed E-state index contributed by atoms with van der Waals surface area (Å²) in [7, 11) is -3.99. The number of hydroxylamine groups is 2. The van der Waals surface area contributed by atoms with Crippen molar-refractivity contribution in [3.8, 4) is 0 Å². The van der Waals surface area contributed by atoms with Gasteiger partial charge in [-0.2, -0.15) is 5.06 Å². The molecule has 1 saturated heterocycles. The van der Waals surface area contributed by atoms with Gasteiger partial charge in [0.15, 0.2) is 0 Å². The van der Waals surface area contributed by atoms with Gasteiger partial charge in [0.05, 0.1) is 13.2 Å². The van der Waals surface area contributed by atoms with E-state index in [1.54, 1.807) is 37.3 Å². The smallest absolute Gasteiger partial charge is 0.399 e. The highest BCUT2D eigenvalue weighted by Gasteiger charge is 2.46. The van der Waals surface area contributed by atoms with E-state index in [-0.39, 0.29) is 24.9 Å². The maximum Gasteiger partial charge on any atom is 0.532 e. The summed E-state index contributed by atoms with van der Waals surface area (Å²) >= 11 is 0. The number of aromatic amines is 1. The number of aryl methyl sites for hydroxylation is 1. The van der Waals surface area contributed by atoms with Crippen LogP contribution in [0.15, 0.2) is 51.4 Å². The predicted molar refractivity (Wildman–Crippen MR) is 135 cm³/mol. The number of hydrogen-bond donors (Lipinski definition) is 3. The maximum absolute atomic E-state index is 13.0. The SMILES string of the molecule is CCN(OC)[C@@H](Cc1ccccc1)C(=O)OP(=O)(O)OC(ON=[N+]=[N-])[C@H]1O[C@@H](n2cc(C)c(=O)[nH]c2=O)C[C@@H]1O. The number of azide groups is 1. The molecule has 6 atom stereocenters. The van der Waals surface area contributed by atoms with Crippen LogP contribution in [0.3, 0.4) is 0 Å². The van der Waals surface area contributed by atoms with Crippen LogP contribution in [0.2, 0.25) is 0 Å². The average Bonchev–Trinajstić information content (AvgIpc) is 3.30. The van der Waals surface area contributed by atoms with Gasteiger partial charge >= 0.3 is 19.5 Å². The highest BCUT2D eigenvalue weighted by molar-refractivity contribution is 7.48. The van der Waals surface area contributed by atoms with Crippen LogP contribution in [-0.4, -0.2) is 68.8 Å². The number of nitrogens with zero attached hydrogens (tertiary/aromatic N) is 5. The highest BCUT2D eigenvalue weighted by Crippen LogP contribution is 2.47. The molecule has 1 aliphatic rings. The quantitative estimate of drug-likeness (QED) is 0.0754. The van der Waals surface area contributed by atoms with Crippen LogP contribution in [0.5, 0.6) is 0 Å². The molecule has 1 aromatic heterocycles. The van der Waals surface area contributed by atoms with Crippen molar-refractivity contribution in [2.75, 3.05) is 13.7 Å². The average molecular weight is 584 g/mol. The van der Waals surface area contributed by atoms with Crippen LogP contribution in [0.4, 0.5) is 0 Å². The van der Waals surface area contributed by atoms with Gasteiger partial charge in [-0.1, -0.05) is 37.3 Å². The molecular formula is C22H29N6O11P. The van der Waals surface area contributed by atoms with Crippen molar-refractivity contribution < 1.29 is 42.8 Å². The van der Waals surface area contributed by atoms with Crippen molar-refractivity contribution in [3.05, 3.63) is 78.9 Å². The maximum atomic E-state index is 13.0. The molecule has 3 N–H and O–H groups in total. The first-order valence-corrected chi connectivity index (χ1v) is 13.4. The Morgan fingerprint density at radius 1 is 1.38 bits per heavy atom. The molecule has 2 heterocycles. The first-order chi connectivity index (χ1) is 19.0. The van der Waals surface area contributed by atoms with E-state index in [0.717, 1.165) is 4.57 Å². The minimum Gasteiger partial charge on any atom is -0.399 e. The lowest BCUT2D eigenvalue weighted by Crippen LogP contribution is -2.43. The second-order valence-electron chi connectivity index (χ2n) is 8.59. The Balaban J connectivity index is 1.80. The number of rotatable bonds is 13. The van der Waals surface area contributed by atoms with Gasteiger partial charge in [-0.25, -0.2) is 18.7 Å². The molecule has 0 spiro atoms. The zero-order valence-corrected chi connectivity index (χ0v) is 22.6. The molecule has 1 aliphatic heterocycles. The van der Waals surface area contributed by atoms with Gasteiger partial charge < -0.3 is 24.0 Å². The number of benzene rings is 1. The fourth-order valence-electron chi connectivity index (χ4n) is 4.04. The number of hydrogen-bond acceptors (Lipinski definition) is 12. The number of aliphatic hydroxyl groups excluding tert-OH is 1. The van der Waals surface area contributed by atoms with Crippen LogP contribution in [0.1, 0.15) is 30.7 Å². The van der Waals surface area contributed by atoms with E-state index in [1.165, 1.54) is 25.3 Å². The van der Waals surface area contributed by atoms with E-state index in [9.17, 15) is 28.9 Å². The Kier molecular flexibility index (Phi) is 10.6. The Labute approximate surface area is 227 Å². The van der Waals surface area contributed by atoms with Gasteiger partial charge in [-0.05, 0) is 18.0 Å². The number of H-pyrrole nitrogens is 1. The lowest BCUT2D eigenvalue weighted by atomic mass is 10.1. The summed E-state index contributed by atoms with van der Waals surface area (Å²) < 4.78 is 29.2. The topological polar surface area (TPSA) is 228 Å². The number of aliphatic hydroxyl groups is 1. The molecule has 218 valence electrons. The Morgan fingerprint density at radius 3 is 2.70 bits per heavy atom. The third-order valence-corrected chi connectivity index (χ3v) is 6.81. The molecule has 0 radical (unpaired) electrons. The molecule has 3 rings (SSSR count). The summed E-state index contributed by atoms with van der Waals surface area (Å²) in [6.07, 6.45) is -5.29. The summed E-state index contributed by atoms with van der Waals surface area (Å²) in [5, 5.41) is 14.6. The fraction of sp³-hybridized carbons (Fsp3) is 0.500. The van der Waals surface area contributed by atoms with E-state index in [2.05, 4.69) is 15.2 Å². The van der Waals surface area contributed by atoms with Gasteiger partial charge in [-0.3, -0.25) is 19.2 Å². The summed E-state index contributed by atoms with van der Waals surface area (Å²) in [5.74, 6) is -1.18. The Bertz CT molecular complexity index is 1380. The van der Waals surface area contributed by atoms with Gasteiger partial charge in [0.25, 0.3) is 5.56 Å². The van der Waals surface area contributed by atoms with E-state index in [4.69, 9.17) is 29.0 Å². The molecule has 1 fully saturated rings. The number of phosphoric ester groups is 1. The van der Waals surface area contributed by atoms with Crippen LogP contribution in [0, 0.1) is 6.92 Å². The third-order valence-electron chi connectivity index (χ3n) is 5.93. The second kappa shape index (κ2) is 13.7. The highest BCUT2D eigenvalue weighted by atomic mass is 31.2. The van der Waals surface area contributed by atoms with Crippen molar-refractivity contribution in [3.63, 3.8) is 0 Å².